The van der Waals surface area contributed by atoms with Gasteiger partial charge in [-0.05, 0) is 37.4 Å². The van der Waals surface area contributed by atoms with Crippen molar-refractivity contribution in [2.75, 3.05) is 5.75 Å². The fourth-order valence-electron chi connectivity index (χ4n) is 2.25. The Hall–Kier alpha value is 0.350. The van der Waals surface area contributed by atoms with Crippen LogP contribution in [0.5, 0.6) is 0 Å². The van der Waals surface area contributed by atoms with Crippen molar-refractivity contribution in [2.24, 2.45) is 5.92 Å². The molecule has 0 spiro atoms. The van der Waals surface area contributed by atoms with Gasteiger partial charge in [-0.25, -0.2) is 0 Å². The largest absolute Gasteiger partial charge is 0.153 e. The van der Waals surface area contributed by atoms with Crippen molar-refractivity contribution in [1.82, 2.24) is 0 Å². The minimum absolute atomic E-state index is 1.03. The average Bonchev–Trinajstić information content (AvgIpc) is 2.58. The van der Waals surface area contributed by atoms with Crippen LogP contribution in [-0.2, 0) is 0 Å². The Kier molecular flexibility index (Phi) is 2.78. The van der Waals surface area contributed by atoms with Gasteiger partial charge in [0.05, 0.1) is 0 Å². The standard InChI is InChI=1S/C10H17S/c1-2-6-9(5-1)10-7-3-4-8-11-10/h9H,1-8H2. The average molecular weight is 169 g/mol. The molecule has 0 nitrogen and oxygen atoms in total. The predicted octanol–water partition coefficient (Wildman–Crippen LogP) is 3.63. The minimum Gasteiger partial charge on any atom is -0.153 e. The highest BCUT2D eigenvalue weighted by Crippen LogP contribution is 2.44. The van der Waals surface area contributed by atoms with Gasteiger partial charge in [0.15, 0.2) is 0 Å². The van der Waals surface area contributed by atoms with Crippen LogP contribution in [0.15, 0.2) is 0 Å². The summed E-state index contributed by atoms with van der Waals surface area (Å²) in [5.74, 6) is 2.44. The summed E-state index contributed by atoms with van der Waals surface area (Å²) in [4.78, 5) is 0. The molecule has 0 unspecified atom stereocenters. The van der Waals surface area contributed by atoms with E-state index >= 15 is 0 Å². The van der Waals surface area contributed by atoms with Crippen molar-refractivity contribution in [3.63, 3.8) is 0 Å². The van der Waals surface area contributed by atoms with Crippen LogP contribution >= 0.6 is 11.8 Å². The molecule has 1 radical (unpaired) electrons. The third-order valence-corrected chi connectivity index (χ3v) is 4.32. The van der Waals surface area contributed by atoms with Gasteiger partial charge < -0.3 is 0 Å². The van der Waals surface area contributed by atoms with E-state index in [1.165, 1.54) is 50.7 Å². The molecule has 1 aliphatic heterocycles. The fourth-order valence-corrected chi connectivity index (χ4v) is 3.62. The third kappa shape index (κ3) is 1.93. The van der Waals surface area contributed by atoms with Gasteiger partial charge in [-0.15, -0.1) is 0 Å². The Morgan fingerprint density at radius 2 is 1.82 bits per heavy atom. The van der Waals surface area contributed by atoms with Crippen molar-refractivity contribution in [2.45, 2.75) is 44.9 Å². The molecule has 0 aromatic carbocycles. The second kappa shape index (κ2) is 3.84. The summed E-state index contributed by atoms with van der Waals surface area (Å²) < 4.78 is 0. The Morgan fingerprint density at radius 3 is 2.45 bits per heavy atom. The van der Waals surface area contributed by atoms with Crippen molar-refractivity contribution in [3.8, 4) is 0 Å². The minimum atomic E-state index is 1.03. The van der Waals surface area contributed by atoms with E-state index in [0.29, 0.717) is 0 Å². The molecule has 1 saturated heterocycles. The van der Waals surface area contributed by atoms with Gasteiger partial charge in [0, 0.05) is 5.25 Å². The lowest BCUT2D eigenvalue weighted by Gasteiger charge is -2.25. The van der Waals surface area contributed by atoms with Gasteiger partial charge in [-0.2, -0.15) is 11.8 Å². The Morgan fingerprint density at radius 1 is 1.00 bits per heavy atom. The zero-order valence-corrected chi connectivity index (χ0v) is 7.96. The molecule has 1 saturated carbocycles. The molecule has 1 heteroatoms. The first-order valence-corrected chi connectivity index (χ1v) is 5.94. The molecule has 2 rings (SSSR count). The van der Waals surface area contributed by atoms with E-state index < -0.39 is 0 Å². The Labute approximate surface area is 74.1 Å². The molecule has 0 N–H and O–H groups in total. The van der Waals surface area contributed by atoms with E-state index in [1.54, 1.807) is 0 Å². The molecule has 1 heterocycles. The first-order chi connectivity index (χ1) is 5.47. The van der Waals surface area contributed by atoms with E-state index in [1.807, 2.05) is 5.25 Å². The molecule has 2 fully saturated rings. The van der Waals surface area contributed by atoms with E-state index in [-0.39, 0.29) is 0 Å². The Balaban J connectivity index is 1.82. The number of hydrogen-bond acceptors (Lipinski definition) is 1. The van der Waals surface area contributed by atoms with Crippen molar-refractivity contribution >= 4 is 11.8 Å². The number of thioether (sulfide) groups is 1. The first kappa shape index (κ1) is 7.97. The molecule has 0 aromatic heterocycles. The summed E-state index contributed by atoms with van der Waals surface area (Å²) in [7, 11) is 0. The van der Waals surface area contributed by atoms with Gasteiger partial charge in [0.1, 0.15) is 0 Å². The normalized spacial score (nSPS) is 29.5. The summed E-state index contributed by atoms with van der Waals surface area (Å²) >= 11 is 2.18. The molecule has 0 bridgehead atoms. The molecular weight excluding hydrogens is 152 g/mol. The van der Waals surface area contributed by atoms with Gasteiger partial charge in [-0.1, -0.05) is 19.3 Å². The summed E-state index contributed by atoms with van der Waals surface area (Å²) in [6.07, 6.45) is 10.4. The van der Waals surface area contributed by atoms with Gasteiger partial charge in [0.25, 0.3) is 0 Å². The number of rotatable bonds is 1. The highest BCUT2D eigenvalue weighted by Gasteiger charge is 2.27. The van der Waals surface area contributed by atoms with Gasteiger partial charge in [0.2, 0.25) is 0 Å². The lowest BCUT2D eigenvalue weighted by molar-refractivity contribution is 0.559. The molecular formula is C10H17S. The smallest absolute Gasteiger partial charge is 0.0337 e. The number of hydrogen-bond donors (Lipinski definition) is 0. The van der Waals surface area contributed by atoms with E-state index in [9.17, 15) is 0 Å². The van der Waals surface area contributed by atoms with Crippen LogP contribution in [0.1, 0.15) is 44.9 Å². The zero-order chi connectivity index (χ0) is 7.52. The SMILES string of the molecule is C1CC[C](C2CCCC2)SC1. The van der Waals surface area contributed by atoms with Gasteiger partial charge in [-0.3, -0.25) is 0 Å². The van der Waals surface area contributed by atoms with Crippen LogP contribution in [0.3, 0.4) is 0 Å². The predicted molar refractivity (Wildman–Crippen MR) is 51.5 cm³/mol. The highest BCUT2D eigenvalue weighted by atomic mass is 32.2. The van der Waals surface area contributed by atoms with Crippen LogP contribution in [0.2, 0.25) is 0 Å². The van der Waals surface area contributed by atoms with E-state index in [4.69, 9.17) is 0 Å². The third-order valence-electron chi connectivity index (χ3n) is 2.92. The molecule has 0 amide bonds. The van der Waals surface area contributed by atoms with Crippen LogP contribution < -0.4 is 0 Å². The van der Waals surface area contributed by atoms with Crippen LogP contribution in [0.4, 0.5) is 0 Å². The molecule has 63 valence electrons. The van der Waals surface area contributed by atoms with E-state index in [2.05, 4.69) is 11.8 Å². The first-order valence-electron chi connectivity index (χ1n) is 4.95. The van der Waals surface area contributed by atoms with Crippen molar-refractivity contribution < 1.29 is 0 Å². The maximum atomic E-state index is 2.18. The zero-order valence-electron chi connectivity index (χ0n) is 7.14. The van der Waals surface area contributed by atoms with Gasteiger partial charge >= 0.3 is 0 Å². The molecule has 11 heavy (non-hydrogen) atoms. The lowest BCUT2D eigenvalue weighted by Crippen LogP contribution is -2.10. The van der Waals surface area contributed by atoms with Crippen LogP contribution in [-0.4, -0.2) is 5.75 Å². The van der Waals surface area contributed by atoms with E-state index in [0.717, 1.165) is 5.92 Å². The van der Waals surface area contributed by atoms with Crippen molar-refractivity contribution in [1.29, 1.82) is 0 Å². The summed E-state index contributed by atoms with van der Waals surface area (Å²) in [5.41, 5.74) is 0. The summed E-state index contributed by atoms with van der Waals surface area (Å²) in [6, 6.07) is 0. The summed E-state index contributed by atoms with van der Waals surface area (Å²) in [6.45, 7) is 0. The molecule has 1 aliphatic carbocycles. The van der Waals surface area contributed by atoms with Crippen LogP contribution in [0.25, 0.3) is 0 Å². The topological polar surface area (TPSA) is 0 Å². The molecule has 0 atom stereocenters. The molecule has 2 aliphatic rings. The highest BCUT2D eigenvalue weighted by molar-refractivity contribution is 8.02. The Bertz CT molecular complexity index is 110. The maximum Gasteiger partial charge on any atom is 0.0337 e. The fraction of sp³-hybridized carbons (Fsp3) is 0.900. The van der Waals surface area contributed by atoms with Crippen molar-refractivity contribution in [3.05, 3.63) is 5.25 Å². The van der Waals surface area contributed by atoms with Crippen LogP contribution in [0, 0.1) is 11.2 Å². The summed E-state index contributed by atoms with van der Waals surface area (Å²) in [5, 5.41) is 1.86. The second-order valence-corrected chi connectivity index (χ2v) is 4.97. The maximum absolute atomic E-state index is 2.18. The quantitative estimate of drug-likeness (QED) is 0.577. The lowest BCUT2D eigenvalue weighted by atomic mass is 9.99. The monoisotopic (exact) mass is 169 g/mol. The second-order valence-electron chi connectivity index (χ2n) is 3.75. The molecule has 0 aromatic rings.